The second-order valence-electron chi connectivity index (χ2n) is 6.57. The number of nitrogens with one attached hydrogen (secondary N) is 1. The fraction of sp³-hybridized carbons (Fsp3) is 0.190. The number of hydrogen-bond donors (Lipinski definition) is 2. The SMILES string of the molecule is Cc1nn(C)c(Oc2ccc(F)cc2)c1C(=O)N[C@@H](C)c1ccc(C(=O)O)cc1. The van der Waals surface area contributed by atoms with Crippen molar-refractivity contribution in [3.05, 3.63) is 76.7 Å². The number of aromatic nitrogens is 2. The van der Waals surface area contributed by atoms with Gasteiger partial charge in [0.15, 0.2) is 0 Å². The molecule has 1 amide bonds. The molecule has 3 aromatic rings. The van der Waals surface area contributed by atoms with Crippen LogP contribution in [-0.2, 0) is 7.05 Å². The summed E-state index contributed by atoms with van der Waals surface area (Å²) in [6, 6.07) is 11.4. The molecule has 2 aromatic carbocycles. The summed E-state index contributed by atoms with van der Waals surface area (Å²) in [5, 5.41) is 16.1. The van der Waals surface area contributed by atoms with Crippen LogP contribution in [0.2, 0.25) is 0 Å². The number of aryl methyl sites for hydroxylation is 2. The molecular formula is C21H20FN3O4. The van der Waals surface area contributed by atoms with Crippen molar-refractivity contribution >= 4 is 11.9 Å². The van der Waals surface area contributed by atoms with Gasteiger partial charge in [0.25, 0.3) is 5.91 Å². The Morgan fingerprint density at radius 3 is 2.34 bits per heavy atom. The topological polar surface area (TPSA) is 93.5 Å². The average Bonchev–Trinajstić information content (AvgIpc) is 2.96. The van der Waals surface area contributed by atoms with Gasteiger partial charge >= 0.3 is 5.97 Å². The number of carbonyl (C=O) groups excluding carboxylic acids is 1. The van der Waals surface area contributed by atoms with Crippen LogP contribution in [0.4, 0.5) is 4.39 Å². The zero-order valence-electron chi connectivity index (χ0n) is 16.1. The van der Waals surface area contributed by atoms with Gasteiger partial charge in [0.1, 0.15) is 17.1 Å². The standard InChI is InChI=1S/C21H20FN3O4/c1-12(14-4-6-15(7-5-14)21(27)28)23-19(26)18-13(2)24-25(3)20(18)29-17-10-8-16(22)9-11-17/h4-12H,1-3H3,(H,23,26)(H,27,28)/t12-/m0/s1. The molecule has 8 heteroatoms. The minimum Gasteiger partial charge on any atom is -0.478 e. The van der Waals surface area contributed by atoms with Gasteiger partial charge in [-0.1, -0.05) is 12.1 Å². The lowest BCUT2D eigenvalue weighted by atomic mass is 10.1. The van der Waals surface area contributed by atoms with Crippen LogP contribution in [0.3, 0.4) is 0 Å². The number of carboxylic acids is 1. The number of aromatic carboxylic acids is 1. The van der Waals surface area contributed by atoms with Crippen molar-refractivity contribution in [1.82, 2.24) is 15.1 Å². The van der Waals surface area contributed by atoms with Crippen LogP contribution in [0.15, 0.2) is 48.5 Å². The van der Waals surface area contributed by atoms with Gasteiger partial charge in [-0.05, 0) is 55.8 Å². The molecule has 0 aliphatic carbocycles. The Labute approximate surface area is 166 Å². The molecule has 0 unspecified atom stereocenters. The molecule has 0 saturated carbocycles. The second-order valence-corrected chi connectivity index (χ2v) is 6.57. The number of halogens is 1. The van der Waals surface area contributed by atoms with Crippen molar-refractivity contribution in [2.45, 2.75) is 19.9 Å². The molecular weight excluding hydrogens is 377 g/mol. The van der Waals surface area contributed by atoms with Gasteiger partial charge in [0, 0.05) is 7.05 Å². The smallest absolute Gasteiger partial charge is 0.335 e. The van der Waals surface area contributed by atoms with Crippen molar-refractivity contribution in [3.8, 4) is 11.6 Å². The van der Waals surface area contributed by atoms with E-state index in [1.54, 1.807) is 33.0 Å². The molecule has 7 nitrogen and oxygen atoms in total. The van der Waals surface area contributed by atoms with E-state index < -0.39 is 5.97 Å². The summed E-state index contributed by atoms with van der Waals surface area (Å²) < 4.78 is 20.3. The van der Waals surface area contributed by atoms with E-state index >= 15 is 0 Å². The van der Waals surface area contributed by atoms with Gasteiger partial charge in [0.05, 0.1) is 17.3 Å². The predicted octanol–water partition coefficient (Wildman–Crippen LogP) is 3.85. The van der Waals surface area contributed by atoms with Crippen molar-refractivity contribution < 1.29 is 23.8 Å². The number of carbonyl (C=O) groups is 2. The number of amides is 1. The quantitative estimate of drug-likeness (QED) is 0.659. The minimum atomic E-state index is -1.01. The van der Waals surface area contributed by atoms with Crippen molar-refractivity contribution in [2.75, 3.05) is 0 Å². The number of nitrogens with zero attached hydrogens (tertiary/aromatic N) is 2. The Hall–Kier alpha value is -3.68. The predicted molar refractivity (Wildman–Crippen MR) is 104 cm³/mol. The third-order valence-corrected chi connectivity index (χ3v) is 4.43. The molecule has 0 saturated heterocycles. The third-order valence-electron chi connectivity index (χ3n) is 4.43. The normalized spacial score (nSPS) is 11.7. The third kappa shape index (κ3) is 4.43. The summed E-state index contributed by atoms with van der Waals surface area (Å²) in [6.07, 6.45) is 0. The molecule has 0 aliphatic heterocycles. The molecule has 2 N–H and O–H groups in total. The van der Waals surface area contributed by atoms with E-state index in [4.69, 9.17) is 9.84 Å². The van der Waals surface area contributed by atoms with Crippen LogP contribution in [0.5, 0.6) is 11.6 Å². The number of rotatable bonds is 6. The molecule has 0 radical (unpaired) electrons. The van der Waals surface area contributed by atoms with E-state index in [1.165, 1.54) is 41.1 Å². The monoisotopic (exact) mass is 397 g/mol. The van der Waals surface area contributed by atoms with Crippen molar-refractivity contribution in [1.29, 1.82) is 0 Å². The van der Waals surface area contributed by atoms with Gasteiger partial charge < -0.3 is 15.2 Å². The maximum atomic E-state index is 13.1. The molecule has 29 heavy (non-hydrogen) atoms. The Bertz CT molecular complexity index is 1040. The van der Waals surface area contributed by atoms with Crippen LogP contribution in [0, 0.1) is 12.7 Å². The fourth-order valence-electron chi connectivity index (χ4n) is 2.90. The molecule has 3 rings (SSSR count). The van der Waals surface area contributed by atoms with Crippen molar-refractivity contribution in [2.24, 2.45) is 7.05 Å². The van der Waals surface area contributed by atoms with Gasteiger partial charge in [-0.25, -0.2) is 13.9 Å². The van der Waals surface area contributed by atoms with E-state index in [9.17, 15) is 14.0 Å². The van der Waals surface area contributed by atoms with Gasteiger partial charge in [-0.15, -0.1) is 0 Å². The zero-order valence-corrected chi connectivity index (χ0v) is 16.1. The summed E-state index contributed by atoms with van der Waals surface area (Å²) in [7, 11) is 1.65. The fourth-order valence-corrected chi connectivity index (χ4v) is 2.90. The van der Waals surface area contributed by atoms with E-state index in [1.807, 2.05) is 0 Å². The molecule has 1 aromatic heterocycles. The molecule has 0 fully saturated rings. The Balaban J connectivity index is 1.81. The highest BCUT2D eigenvalue weighted by Crippen LogP contribution is 2.28. The number of benzene rings is 2. The molecule has 0 spiro atoms. The van der Waals surface area contributed by atoms with Crippen LogP contribution in [0.25, 0.3) is 0 Å². The van der Waals surface area contributed by atoms with Gasteiger partial charge in [0.2, 0.25) is 5.88 Å². The number of hydrogen-bond acceptors (Lipinski definition) is 4. The Kier molecular flexibility index (Phi) is 5.63. The highest BCUT2D eigenvalue weighted by molar-refractivity contribution is 5.98. The summed E-state index contributed by atoms with van der Waals surface area (Å²) in [4.78, 5) is 23.9. The maximum absolute atomic E-state index is 13.1. The first kappa shape index (κ1) is 20.1. The van der Waals surface area contributed by atoms with Crippen LogP contribution < -0.4 is 10.1 Å². The second kappa shape index (κ2) is 8.14. The van der Waals surface area contributed by atoms with Crippen LogP contribution in [0.1, 0.15) is 44.9 Å². The molecule has 0 aliphatic rings. The summed E-state index contributed by atoms with van der Waals surface area (Å²) in [6.45, 7) is 3.48. The van der Waals surface area contributed by atoms with E-state index in [0.29, 0.717) is 11.4 Å². The van der Waals surface area contributed by atoms with Gasteiger partial charge in [-0.3, -0.25) is 4.79 Å². The lowest BCUT2D eigenvalue weighted by Crippen LogP contribution is -2.27. The zero-order chi connectivity index (χ0) is 21.1. The van der Waals surface area contributed by atoms with Gasteiger partial charge in [-0.2, -0.15) is 5.10 Å². The van der Waals surface area contributed by atoms with E-state index in [2.05, 4.69) is 10.4 Å². The average molecular weight is 397 g/mol. The first-order valence-corrected chi connectivity index (χ1v) is 8.87. The minimum absolute atomic E-state index is 0.172. The highest BCUT2D eigenvalue weighted by atomic mass is 19.1. The lowest BCUT2D eigenvalue weighted by molar-refractivity contribution is 0.0696. The largest absolute Gasteiger partial charge is 0.478 e. The Morgan fingerprint density at radius 2 is 1.76 bits per heavy atom. The van der Waals surface area contributed by atoms with E-state index in [-0.39, 0.29) is 34.8 Å². The maximum Gasteiger partial charge on any atom is 0.335 e. The van der Waals surface area contributed by atoms with Crippen molar-refractivity contribution in [3.63, 3.8) is 0 Å². The summed E-state index contributed by atoms with van der Waals surface area (Å²) in [5.74, 6) is -1.18. The number of carboxylic acid groups (broad SMARTS) is 1. The Morgan fingerprint density at radius 1 is 1.14 bits per heavy atom. The number of ether oxygens (including phenoxy) is 1. The molecule has 150 valence electrons. The van der Waals surface area contributed by atoms with Crippen LogP contribution in [-0.4, -0.2) is 26.8 Å². The first-order chi connectivity index (χ1) is 13.8. The first-order valence-electron chi connectivity index (χ1n) is 8.87. The highest BCUT2D eigenvalue weighted by Gasteiger charge is 2.24. The summed E-state index contributed by atoms with van der Waals surface area (Å²) >= 11 is 0. The van der Waals surface area contributed by atoms with E-state index in [0.717, 1.165) is 5.56 Å². The lowest BCUT2D eigenvalue weighted by Gasteiger charge is -2.15. The summed E-state index contributed by atoms with van der Waals surface area (Å²) in [5.41, 5.74) is 1.68. The molecule has 1 heterocycles. The molecule has 0 bridgehead atoms. The molecule has 1 atom stereocenters. The van der Waals surface area contributed by atoms with Crippen LogP contribution >= 0.6 is 0 Å².